The van der Waals surface area contributed by atoms with Crippen LogP contribution >= 0.6 is 0 Å². The zero-order valence-corrected chi connectivity index (χ0v) is 9.67. The largest absolute Gasteiger partial charge is 0.326 e. The van der Waals surface area contributed by atoms with Gasteiger partial charge in [-0.3, -0.25) is 10.1 Å². The molecule has 1 aliphatic heterocycles. The Kier molecular flexibility index (Phi) is 3.62. The van der Waals surface area contributed by atoms with Crippen LogP contribution in [0.3, 0.4) is 0 Å². The van der Waals surface area contributed by atoms with Crippen LogP contribution in [-0.4, -0.2) is 30.1 Å². The monoisotopic (exact) mass is 210 g/mol. The van der Waals surface area contributed by atoms with E-state index in [2.05, 4.69) is 17.1 Å². The molecule has 2 rings (SSSR count). The van der Waals surface area contributed by atoms with E-state index in [1.807, 2.05) is 0 Å². The van der Waals surface area contributed by atoms with E-state index in [1.54, 1.807) is 0 Å². The third kappa shape index (κ3) is 2.51. The Labute approximate surface area is 92.2 Å². The molecule has 3 nitrogen and oxygen atoms in total. The van der Waals surface area contributed by atoms with Crippen molar-refractivity contribution in [1.29, 1.82) is 0 Å². The standard InChI is InChI=1S/C12H22N2O/c1-2-4-11-13-9-12(15)14(11)8-7-10-5-3-6-10/h10-11,13H,2-9H2,1H3. The molecule has 86 valence electrons. The minimum atomic E-state index is 0.299. The number of nitrogens with zero attached hydrogens (tertiary/aromatic N) is 1. The lowest BCUT2D eigenvalue weighted by Crippen LogP contribution is -2.38. The molecule has 1 atom stereocenters. The Balaban J connectivity index is 1.78. The molecule has 0 aromatic heterocycles. The molecule has 1 amide bonds. The van der Waals surface area contributed by atoms with Gasteiger partial charge in [-0.15, -0.1) is 0 Å². The van der Waals surface area contributed by atoms with E-state index < -0.39 is 0 Å². The zero-order chi connectivity index (χ0) is 10.7. The summed E-state index contributed by atoms with van der Waals surface area (Å²) in [6.45, 7) is 3.70. The van der Waals surface area contributed by atoms with Crippen LogP contribution in [0.2, 0.25) is 0 Å². The average molecular weight is 210 g/mol. The van der Waals surface area contributed by atoms with Crippen molar-refractivity contribution in [2.45, 2.75) is 51.6 Å². The van der Waals surface area contributed by atoms with Crippen molar-refractivity contribution in [1.82, 2.24) is 10.2 Å². The van der Waals surface area contributed by atoms with E-state index in [4.69, 9.17) is 0 Å². The Morgan fingerprint density at radius 2 is 2.20 bits per heavy atom. The van der Waals surface area contributed by atoms with Gasteiger partial charge in [0.1, 0.15) is 0 Å². The summed E-state index contributed by atoms with van der Waals surface area (Å²) in [6, 6.07) is 0. The first-order valence-corrected chi connectivity index (χ1v) is 6.34. The second kappa shape index (κ2) is 4.97. The first kappa shape index (κ1) is 10.9. The average Bonchev–Trinajstić information content (AvgIpc) is 2.47. The topological polar surface area (TPSA) is 32.3 Å². The molecular formula is C12H22N2O. The molecule has 2 aliphatic rings. The lowest BCUT2D eigenvalue weighted by Gasteiger charge is -2.30. The molecule has 1 N–H and O–H groups in total. The fourth-order valence-corrected chi connectivity index (χ4v) is 2.51. The smallest absolute Gasteiger partial charge is 0.237 e. The fourth-order valence-electron chi connectivity index (χ4n) is 2.51. The molecule has 1 saturated carbocycles. The first-order valence-electron chi connectivity index (χ1n) is 6.34. The maximum atomic E-state index is 11.6. The molecule has 0 aromatic carbocycles. The van der Waals surface area contributed by atoms with E-state index in [9.17, 15) is 4.79 Å². The zero-order valence-electron chi connectivity index (χ0n) is 9.67. The second-order valence-electron chi connectivity index (χ2n) is 4.86. The number of nitrogens with one attached hydrogen (secondary N) is 1. The van der Waals surface area contributed by atoms with Gasteiger partial charge in [0.15, 0.2) is 0 Å². The molecule has 0 spiro atoms. The summed E-state index contributed by atoms with van der Waals surface area (Å²) >= 11 is 0. The molecule has 15 heavy (non-hydrogen) atoms. The summed E-state index contributed by atoms with van der Waals surface area (Å²) < 4.78 is 0. The van der Waals surface area contributed by atoms with Crippen molar-refractivity contribution in [3.8, 4) is 0 Å². The quantitative estimate of drug-likeness (QED) is 0.749. The fraction of sp³-hybridized carbons (Fsp3) is 0.917. The van der Waals surface area contributed by atoms with Gasteiger partial charge in [-0.1, -0.05) is 32.6 Å². The Hall–Kier alpha value is -0.570. The maximum absolute atomic E-state index is 11.6. The van der Waals surface area contributed by atoms with Gasteiger partial charge in [0.05, 0.1) is 12.7 Å². The highest BCUT2D eigenvalue weighted by Crippen LogP contribution is 2.30. The Morgan fingerprint density at radius 3 is 2.80 bits per heavy atom. The summed E-state index contributed by atoms with van der Waals surface area (Å²) in [7, 11) is 0. The van der Waals surface area contributed by atoms with Gasteiger partial charge in [0, 0.05) is 6.54 Å². The lowest BCUT2D eigenvalue weighted by molar-refractivity contribution is -0.128. The van der Waals surface area contributed by atoms with Gasteiger partial charge >= 0.3 is 0 Å². The normalized spacial score (nSPS) is 27.1. The van der Waals surface area contributed by atoms with Crippen molar-refractivity contribution in [3.05, 3.63) is 0 Å². The minimum absolute atomic E-state index is 0.299. The number of carbonyl (C=O) groups is 1. The van der Waals surface area contributed by atoms with E-state index in [0.717, 1.165) is 25.3 Å². The number of rotatable bonds is 5. The van der Waals surface area contributed by atoms with E-state index >= 15 is 0 Å². The number of amides is 1. The van der Waals surface area contributed by atoms with E-state index in [0.29, 0.717) is 18.6 Å². The van der Waals surface area contributed by atoms with E-state index in [-0.39, 0.29) is 0 Å². The Morgan fingerprint density at radius 1 is 1.40 bits per heavy atom. The van der Waals surface area contributed by atoms with Crippen LogP contribution < -0.4 is 5.32 Å². The molecule has 1 unspecified atom stereocenters. The summed E-state index contributed by atoms with van der Waals surface area (Å²) in [4.78, 5) is 13.7. The van der Waals surface area contributed by atoms with Gasteiger partial charge < -0.3 is 4.90 Å². The van der Waals surface area contributed by atoms with Crippen LogP contribution in [0.1, 0.15) is 45.4 Å². The lowest BCUT2D eigenvalue weighted by atomic mass is 9.83. The van der Waals surface area contributed by atoms with Crippen LogP contribution in [0.15, 0.2) is 0 Å². The van der Waals surface area contributed by atoms with Crippen molar-refractivity contribution in [2.75, 3.05) is 13.1 Å². The third-order valence-electron chi connectivity index (χ3n) is 3.75. The molecule has 2 fully saturated rings. The van der Waals surface area contributed by atoms with Gasteiger partial charge in [0.2, 0.25) is 5.91 Å². The van der Waals surface area contributed by atoms with Crippen molar-refractivity contribution in [2.24, 2.45) is 5.92 Å². The summed E-state index contributed by atoms with van der Waals surface area (Å²) in [5.41, 5.74) is 0. The molecule has 0 radical (unpaired) electrons. The van der Waals surface area contributed by atoms with Gasteiger partial charge in [-0.2, -0.15) is 0 Å². The van der Waals surface area contributed by atoms with Crippen LogP contribution in [0.25, 0.3) is 0 Å². The van der Waals surface area contributed by atoms with Crippen LogP contribution in [0.5, 0.6) is 0 Å². The molecule has 3 heteroatoms. The van der Waals surface area contributed by atoms with Crippen LogP contribution in [-0.2, 0) is 4.79 Å². The second-order valence-corrected chi connectivity index (χ2v) is 4.86. The predicted molar refractivity (Wildman–Crippen MR) is 60.4 cm³/mol. The van der Waals surface area contributed by atoms with Crippen molar-refractivity contribution in [3.63, 3.8) is 0 Å². The highest BCUT2D eigenvalue weighted by Gasteiger charge is 2.30. The minimum Gasteiger partial charge on any atom is -0.326 e. The van der Waals surface area contributed by atoms with E-state index in [1.165, 1.54) is 25.7 Å². The predicted octanol–water partition coefficient (Wildman–Crippen LogP) is 1.73. The summed E-state index contributed by atoms with van der Waals surface area (Å²) in [5.74, 6) is 1.20. The maximum Gasteiger partial charge on any atom is 0.237 e. The molecule has 0 bridgehead atoms. The van der Waals surface area contributed by atoms with Crippen LogP contribution in [0.4, 0.5) is 0 Å². The molecule has 1 heterocycles. The van der Waals surface area contributed by atoms with Crippen molar-refractivity contribution < 1.29 is 4.79 Å². The SMILES string of the molecule is CCCC1NCC(=O)N1CCC1CCC1. The van der Waals surface area contributed by atoms with Crippen LogP contribution in [0, 0.1) is 5.92 Å². The number of hydrogen-bond acceptors (Lipinski definition) is 2. The first-order chi connectivity index (χ1) is 7.31. The van der Waals surface area contributed by atoms with Gasteiger partial charge in [-0.25, -0.2) is 0 Å². The highest BCUT2D eigenvalue weighted by molar-refractivity contribution is 5.80. The number of hydrogen-bond donors (Lipinski definition) is 1. The van der Waals surface area contributed by atoms with Gasteiger partial charge in [0.25, 0.3) is 0 Å². The molecule has 1 saturated heterocycles. The molecule has 1 aliphatic carbocycles. The Bertz CT molecular complexity index is 226. The number of carbonyl (C=O) groups excluding carboxylic acids is 1. The molecule has 0 aromatic rings. The third-order valence-corrected chi connectivity index (χ3v) is 3.75. The summed E-state index contributed by atoms with van der Waals surface area (Å²) in [5, 5.41) is 3.29. The van der Waals surface area contributed by atoms with Crippen molar-refractivity contribution >= 4 is 5.91 Å². The molecular weight excluding hydrogens is 188 g/mol. The highest BCUT2D eigenvalue weighted by atomic mass is 16.2. The van der Waals surface area contributed by atoms with Gasteiger partial charge in [-0.05, 0) is 18.8 Å². The summed E-state index contributed by atoms with van der Waals surface area (Å²) in [6.07, 6.45) is 7.94.